The Hall–Kier alpha value is -1.76. The fraction of sp³-hybridized carbons (Fsp3) is 0.500. The Morgan fingerprint density at radius 1 is 1.29 bits per heavy atom. The minimum Gasteiger partial charge on any atom is -0.393 e. The molecule has 0 bridgehead atoms. The number of rotatable bonds is 5. The van der Waals surface area contributed by atoms with E-state index in [0.717, 1.165) is 12.1 Å². The summed E-state index contributed by atoms with van der Waals surface area (Å²) < 4.78 is 39.2. The predicted octanol–water partition coefficient (Wildman–Crippen LogP) is 2.58. The lowest BCUT2D eigenvalue weighted by Gasteiger charge is -2.22. The van der Waals surface area contributed by atoms with Crippen molar-refractivity contribution in [2.75, 3.05) is 13.6 Å². The van der Waals surface area contributed by atoms with Crippen molar-refractivity contribution in [1.82, 2.24) is 10.2 Å². The van der Waals surface area contributed by atoms with Crippen LogP contribution in [0.4, 0.5) is 18.0 Å². The van der Waals surface area contributed by atoms with Crippen LogP contribution in [0.5, 0.6) is 0 Å². The van der Waals surface area contributed by atoms with Crippen LogP contribution in [0.3, 0.4) is 0 Å². The third kappa shape index (κ3) is 4.93. The van der Waals surface area contributed by atoms with Crippen molar-refractivity contribution < 1.29 is 23.1 Å². The molecule has 0 fully saturated rings. The zero-order valence-electron chi connectivity index (χ0n) is 12.2. The topological polar surface area (TPSA) is 52.6 Å². The van der Waals surface area contributed by atoms with Gasteiger partial charge in [0, 0.05) is 13.6 Å². The Kier molecular flexibility index (Phi) is 6.02. The number of hydrogen-bond donors (Lipinski definition) is 2. The van der Waals surface area contributed by atoms with Gasteiger partial charge < -0.3 is 15.3 Å². The second kappa shape index (κ2) is 7.31. The van der Waals surface area contributed by atoms with E-state index in [1.165, 1.54) is 18.9 Å². The van der Waals surface area contributed by atoms with Crippen molar-refractivity contribution in [1.29, 1.82) is 0 Å². The van der Waals surface area contributed by atoms with Crippen molar-refractivity contribution in [3.05, 3.63) is 35.1 Å². The molecule has 2 atom stereocenters. The third-order valence-electron chi connectivity index (χ3n) is 3.08. The zero-order valence-corrected chi connectivity index (χ0v) is 12.2. The second-order valence-corrected chi connectivity index (χ2v) is 5.03. The molecular formula is C14H19F3N2O2. The molecule has 0 aromatic heterocycles. The van der Waals surface area contributed by atoms with Crippen LogP contribution < -0.4 is 5.32 Å². The van der Waals surface area contributed by atoms with Crippen LogP contribution in [0.25, 0.3) is 0 Å². The molecule has 118 valence electrons. The number of carbonyl (C=O) groups is 1. The first-order valence-electron chi connectivity index (χ1n) is 6.56. The Balaban J connectivity index is 2.68. The average Bonchev–Trinajstić information content (AvgIpc) is 2.41. The van der Waals surface area contributed by atoms with Gasteiger partial charge in [-0.1, -0.05) is 0 Å². The van der Waals surface area contributed by atoms with Crippen molar-refractivity contribution in [2.24, 2.45) is 0 Å². The second-order valence-electron chi connectivity index (χ2n) is 5.03. The molecular weight excluding hydrogens is 285 g/mol. The highest BCUT2D eigenvalue weighted by atomic mass is 19.2. The summed E-state index contributed by atoms with van der Waals surface area (Å²) in [4.78, 5) is 13.2. The molecule has 0 saturated heterocycles. The SMILES string of the molecule is CC(O)CCN(C)C(=O)NC(C)c1cc(F)c(F)c(F)c1. The minimum absolute atomic E-state index is 0.128. The van der Waals surface area contributed by atoms with Crippen molar-refractivity contribution in [3.63, 3.8) is 0 Å². The Morgan fingerprint density at radius 3 is 2.29 bits per heavy atom. The molecule has 7 heteroatoms. The normalized spacial score (nSPS) is 13.7. The summed E-state index contributed by atoms with van der Waals surface area (Å²) in [5.74, 6) is -4.13. The lowest BCUT2D eigenvalue weighted by atomic mass is 10.1. The van der Waals surface area contributed by atoms with Gasteiger partial charge in [-0.15, -0.1) is 0 Å². The largest absolute Gasteiger partial charge is 0.393 e. The molecule has 0 aliphatic carbocycles. The van der Waals surface area contributed by atoms with Gasteiger partial charge in [0.1, 0.15) is 0 Å². The van der Waals surface area contributed by atoms with Gasteiger partial charge in [-0.25, -0.2) is 18.0 Å². The summed E-state index contributed by atoms with van der Waals surface area (Å²) >= 11 is 0. The van der Waals surface area contributed by atoms with Gasteiger partial charge >= 0.3 is 6.03 Å². The van der Waals surface area contributed by atoms with E-state index in [-0.39, 0.29) is 5.56 Å². The molecule has 0 spiro atoms. The Labute approximate surface area is 121 Å². The van der Waals surface area contributed by atoms with E-state index < -0.39 is 35.6 Å². The van der Waals surface area contributed by atoms with Crippen molar-refractivity contribution in [2.45, 2.75) is 32.4 Å². The number of nitrogens with one attached hydrogen (secondary N) is 1. The molecule has 0 saturated carbocycles. The molecule has 1 aromatic carbocycles. The zero-order chi connectivity index (χ0) is 16.2. The number of benzene rings is 1. The molecule has 0 heterocycles. The molecule has 21 heavy (non-hydrogen) atoms. The van der Waals surface area contributed by atoms with Crippen LogP contribution >= 0.6 is 0 Å². The Morgan fingerprint density at radius 2 is 1.81 bits per heavy atom. The monoisotopic (exact) mass is 304 g/mol. The van der Waals surface area contributed by atoms with E-state index >= 15 is 0 Å². The van der Waals surface area contributed by atoms with E-state index in [0.29, 0.717) is 13.0 Å². The quantitative estimate of drug-likeness (QED) is 0.822. The summed E-state index contributed by atoms with van der Waals surface area (Å²) in [6.07, 6.45) is -0.115. The number of aliphatic hydroxyl groups is 1. The van der Waals surface area contributed by atoms with Gasteiger partial charge in [-0.2, -0.15) is 0 Å². The molecule has 0 radical (unpaired) electrons. The number of nitrogens with zero attached hydrogens (tertiary/aromatic N) is 1. The smallest absolute Gasteiger partial charge is 0.317 e. The van der Waals surface area contributed by atoms with E-state index in [9.17, 15) is 18.0 Å². The standard InChI is InChI=1S/C14H19F3N2O2/c1-8(20)4-5-19(3)14(21)18-9(2)10-6-11(15)13(17)12(16)7-10/h6-9,20H,4-5H2,1-3H3,(H,18,21). The fourth-order valence-electron chi connectivity index (χ4n) is 1.69. The van der Waals surface area contributed by atoms with Crippen LogP contribution in [-0.2, 0) is 0 Å². The maximum atomic E-state index is 13.1. The lowest BCUT2D eigenvalue weighted by molar-refractivity contribution is 0.162. The summed E-state index contributed by atoms with van der Waals surface area (Å²) in [7, 11) is 1.54. The van der Waals surface area contributed by atoms with Gasteiger partial charge in [0.2, 0.25) is 0 Å². The van der Waals surface area contributed by atoms with Crippen molar-refractivity contribution in [3.8, 4) is 0 Å². The highest BCUT2D eigenvalue weighted by Crippen LogP contribution is 2.19. The molecule has 4 nitrogen and oxygen atoms in total. The number of hydrogen-bond acceptors (Lipinski definition) is 2. The first kappa shape index (κ1) is 17.3. The number of urea groups is 1. The maximum absolute atomic E-state index is 13.1. The first-order chi connectivity index (χ1) is 9.72. The summed E-state index contributed by atoms with van der Waals surface area (Å²) in [6, 6.07) is 0.558. The number of amides is 2. The van der Waals surface area contributed by atoms with Crippen LogP contribution in [0.15, 0.2) is 12.1 Å². The maximum Gasteiger partial charge on any atom is 0.317 e. The van der Waals surface area contributed by atoms with Crippen LogP contribution in [0.2, 0.25) is 0 Å². The molecule has 2 unspecified atom stereocenters. The number of aliphatic hydroxyl groups excluding tert-OH is 1. The molecule has 0 aliphatic rings. The molecule has 1 rings (SSSR count). The van der Waals surface area contributed by atoms with Crippen LogP contribution in [0, 0.1) is 17.5 Å². The van der Waals surface area contributed by atoms with E-state index in [1.807, 2.05) is 0 Å². The van der Waals surface area contributed by atoms with Gasteiger partial charge in [0.05, 0.1) is 12.1 Å². The molecule has 0 aliphatic heterocycles. The van der Waals surface area contributed by atoms with Crippen LogP contribution in [0.1, 0.15) is 31.9 Å². The highest BCUT2D eigenvalue weighted by Gasteiger charge is 2.17. The molecule has 2 amide bonds. The average molecular weight is 304 g/mol. The first-order valence-corrected chi connectivity index (χ1v) is 6.56. The van der Waals surface area contributed by atoms with Gasteiger partial charge in [-0.05, 0) is 38.0 Å². The fourth-order valence-corrected chi connectivity index (χ4v) is 1.69. The predicted molar refractivity (Wildman–Crippen MR) is 72.2 cm³/mol. The molecule has 2 N–H and O–H groups in total. The van der Waals surface area contributed by atoms with Crippen LogP contribution in [-0.4, -0.2) is 35.7 Å². The number of halogens is 3. The van der Waals surface area contributed by atoms with Crippen molar-refractivity contribution >= 4 is 6.03 Å². The van der Waals surface area contributed by atoms with E-state index in [2.05, 4.69) is 5.32 Å². The summed E-state index contributed by atoms with van der Waals surface area (Å²) in [5, 5.41) is 11.7. The van der Waals surface area contributed by atoms with E-state index in [4.69, 9.17) is 5.11 Å². The summed E-state index contributed by atoms with van der Waals surface area (Å²) in [5.41, 5.74) is 0.128. The highest BCUT2D eigenvalue weighted by molar-refractivity contribution is 5.74. The summed E-state index contributed by atoms with van der Waals surface area (Å²) in [6.45, 7) is 3.48. The van der Waals surface area contributed by atoms with Gasteiger partial charge in [-0.3, -0.25) is 0 Å². The number of carbonyl (C=O) groups excluding carboxylic acids is 1. The van der Waals surface area contributed by atoms with Gasteiger partial charge in [0.15, 0.2) is 17.5 Å². The third-order valence-corrected chi connectivity index (χ3v) is 3.08. The van der Waals surface area contributed by atoms with E-state index in [1.54, 1.807) is 6.92 Å². The van der Waals surface area contributed by atoms with Gasteiger partial charge in [0.25, 0.3) is 0 Å². The molecule has 1 aromatic rings. The Bertz CT molecular complexity index is 486. The lowest BCUT2D eigenvalue weighted by Crippen LogP contribution is -2.39. The minimum atomic E-state index is -1.54.